The lowest BCUT2D eigenvalue weighted by molar-refractivity contribution is -0.0659. The van der Waals surface area contributed by atoms with Gasteiger partial charge in [0.15, 0.2) is 0 Å². The number of piperidine rings is 1. The lowest BCUT2D eigenvalue weighted by Crippen LogP contribution is -2.49. The van der Waals surface area contributed by atoms with Gasteiger partial charge in [0.2, 0.25) is 0 Å². The van der Waals surface area contributed by atoms with E-state index in [4.69, 9.17) is 9.47 Å². The minimum absolute atomic E-state index is 0.117. The summed E-state index contributed by atoms with van der Waals surface area (Å²) in [6.07, 6.45) is 3.98. The van der Waals surface area contributed by atoms with Crippen LogP contribution in [0.3, 0.4) is 0 Å². The third-order valence-electron chi connectivity index (χ3n) is 8.12. The third kappa shape index (κ3) is 6.31. The number of carbonyl (C=O) groups excluding carboxylic acids is 1. The smallest absolute Gasteiger partial charge is 0.407 e. The van der Waals surface area contributed by atoms with E-state index < -0.39 is 6.09 Å². The fourth-order valence-corrected chi connectivity index (χ4v) is 5.99. The Balaban J connectivity index is 1.17. The van der Waals surface area contributed by atoms with E-state index >= 15 is 0 Å². The minimum Gasteiger partial charge on any atom is -0.465 e. The van der Waals surface area contributed by atoms with Gasteiger partial charge in [-0.15, -0.1) is 0 Å². The molecule has 0 radical (unpaired) electrons. The van der Waals surface area contributed by atoms with Gasteiger partial charge in [0.05, 0.1) is 31.4 Å². The summed E-state index contributed by atoms with van der Waals surface area (Å²) < 4.78 is 12.0. The summed E-state index contributed by atoms with van der Waals surface area (Å²) in [6.45, 7) is 1.91. The molecule has 2 aliphatic rings. The van der Waals surface area contributed by atoms with Gasteiger partial charge in [-0.25, -0.2) is 9.59 Å². The molecule has 6 heteroatoms. The Kier molecular flexibility index (Phi) is 8.05. The molecule has 1 N–H and O–H groups in total. The van der Waals surface area contributed by atoms with Crippen molar-refractivity contribution in [1.82, 2.24) is 4.90 Å². The topological polar surface area (TPSA) is 76.1 Å². The molecule has 0 bridgehead atoms. The first-order chi connectivity index (χ1) is 18.1. The number of carbonyl (C=O) groups is 2. The number of esters is 1. The van der Waals surface area contributed by atoms with Crippen LogP contribution in [-0.2, 0) is 16.1 Å². The highest BCUT2D eigenvalue weighted by molar-refractivity contribution is 5.89. The number of hydrogen-bond donors (Lipinski definition) is 1. The molecule has 6 nitrogen and oxygen atoms in total. The molecule has 3 aromatic rings. The highest BCUT2D eigenvalue weighted by atomic mass is 16.5. The van der Waals surface area contributed by atoms with Crippen LogP contribution in [0.5, 0.6) is 0 Å². The van der Waals surface area contributed by atoms with Crippen LogP contribution in [0.4, 0.5) is 4.79 Å². The molecule has 3 aromatic carbocycles. The van der Waals surface area contributed by atoms with Crippen LogP contribution < -0.4 is 0 Å². The highest BCUT2D eigenvalue weighted by Gasteiger charge is 2.38. The number of ether oxygens (including phenoxy) is 2. The van der Waals surface area contributed by atoms with E-state index in [1.807, 2.05) is 30.3 Å². The minimum atomic E-state index is -0.873. The average molecular weight is 502 g/mol. The predicted octanol–water partition coefficient (Wildman–Crippen LogP) is 6.39. The Morgan fingerprint density at radius 2 is 1.59 bits per heavy atom. The second-order valence-electron chi connectivity index (χ2n) is 10.5. The maximum Gasteiger partial charge on any atom is 0.407 e. The second kappa shape index (κ2) is 11.8. The summed E-state index contributed by atoms with van der Waals surface area (Å²) in [5, 5.41) is 12.0. The highest BCUT2D eigenvalue weighted by Crippen LogP contribution is 2.39. The molecule has 37 heavy (non-hydrogen) atoms. The van der Waals surface area contributed by atoms with Crippen LogP contribution in [0.25, 0.3) is 10.8 Å². The molecule has 1 saturated heterocycles. The molecule has 0 spiro atoms. The van der Waals surface area contributed by atoms with E-state index in [1.54, 1.807) is 12.1 Å². The summed E-state index contributed by atoms with van der Waals surface area (Å²) in [5.74, 6) is 0.952. The maximum absolute atomic E-state index is 12.3. The first kappa shape index (κ1) is 25.3. The molecule has 2 atom stereocenters. The van der Waals surface area contributed by atoms with Crippen molar-refractivity contribution in [2.24, 2.45) is 17.8 Å². The summed E-state index contributed by atoms with van der Waals surface area (Å²) in [5.41, 5.74) is 1.70. The molecule has 1 saturated carbocycles. The predicted molar refractivity (Wildman–Crippen MR) is 142 cm³/mol. The zero-order valence-electron chi connectivity index (χ0n) is 21.1. The normalized spacial score (nSPS) is 24.1. The Bertz CT molecular complexity index is 1200. The van der Waals surface area contributed by atoms with E-state index in [9.17, 15) is 14.7 Å². The second-order valence-corrected chi connectivity index (χ2v) is 10.5. The number of carboxylic acid groups (broad SMARTS) is 1. The van der Waals surface area contributed by atoms with Crippen molar-refractivity contribution in [1.29, 1.82) is 0 Å². The molecule has 0 aromatic heterocycles. The molecule has 2 fully saturated rings. The van der Waals surface area contributed by atoms with Crippen molar-refractivity contribution in [3.05, 3.63) is 83.9 Å². The van der Waals surface area contributed by atoms with Crippen molar-refractivity contribution in [3.63, 3.8) is 0 Å². The fourth-order valence-electron chi connectivity index (χ4n) is 5.99. The first-order valence-electron chi connectivity index (χ1n) is 13.4. The number of rotatable bonds is 7. The summed E-state index contributed by atoms with van der Waals surface area (Å²) in [6, 6.07) is 23.8. The number of fused-ring (bicyclic) bond motifs is 1. The molecule has 1 aliphatic heterocycles. The lowest BCUT2D eigenvalue weighted by Gasteiger charge is -2.43. The zero-order chi connectivity index (χ0) is 25.6. The van der Waals surface area contributed by atoms with Gasteiger partial charge in [0, 0.05) is 6.54 Å². The van der Waals surface area contributed by atoms with E-state index in [1.165, 1.54) is 15.7 Å². The monoisotopic (exact) mass is 501 g/mol. The van der Waals surface area contributed by atoms with Crippen molar-refractivity contribution >= 4 is 22.8 Å². The van der Waals surface area contributed by atoms with Crippen molar-refractivity contribution in [2.75, 3.05) is 19.7 Å². The molecule has 2 unspecified atom stereocenters. The van der Waals surface area contributed by atoms with Gasteiger partial charge in [-0.2, -0.15) is 0 Å². The average Bonchev–Trinajstić information content (AvgIpc) is 2.95. The molecule has 5 rings (SSSR count). The van der Waals surface area contributed by atoms with Crippen LogP contribution in [0, 0.1) is 17.8 Å². The molecule has 1 heterocycles. The molecule has 194 valence electrons. The standard InChI is InChI=1S/C31H35NO5/c33-30(26-7-2-1-3-8-26)37-20-22-10-14-25(15-11-22)28-16-17-32(31(34)35)19-29(28)36-21-23-12-13-24-6-4-5-9-27(24)18-23/h1-9,12-13,18,22,25,28-29H,10-11,14-17,19-21H2,(H,34,35). The molecular formula is C31H35NO5. The number of likely N-dealkylation sites (tertiary alicyclic amines) is 1. The summed E-state index contributed by atoms with van der Waals surface area (Å²) in [7, 11) is 0. The van der Waals surface area contributed by atoms with Crippen molar-refractivity contribution in [2.45, 2.75) is 44.8 Å². The number of nitrogens with zero attached hydrogens (tertiary/aromatic N) is 1. The van der Waals surface area contributed by atoms with E-state index in [0.717, 1.165) is 37.7 Å². The van der Waals surface area contributed by atoms with Crippen LogP contribution in [0.15, 0.2) is 72.8 Å². The Hall–Kier alpha value is -3.38. The molecular weight excluding hydrogens is 466 g/mol. The Morgan fingerprint density at radius 3 is 2.35 bits per heavy atom. The summed E-state index contributed by atoms with van der Waals surface area (Å²) >= 11 is 0. The van der Waals surface area contributed by atoms with Crippen LogP contribution >= 0.6 is 0 Å². The molecule has 1 aliphatic carbocycles. The maximum atomic E-state index is 12.3. The van der Waals surface area contributed by atoms with Gasteiger partial charge < -0.3 is 19.5 Å². The van der Waals surface area contributed by atoms with Gasteiger partial charge in [-0.1, -0.05) is 54.6 Å². The van der Waals surface area contributed by atoms with Crippen LogP contribution in [0.2, 0.25) is 0 Å². The van der Waals surface area contributed by atoms with E-state index in [-0.39, 0.29) is 12.1 Å². The van der Waals surface area contributed by atoms with Crippen LogP contribution in [0.1, 0.15) is 48.0 Å². The zero-order valence-corrected chi connectivity index (χ0v) is 21.1. The van der Waals surface area contributed by atoms with Crippen molar-refractivity contribution < 1.29 is 24.2 Å². The quantitative estimate of drug-likeness (QED) is 0.380. The number of hydrogen-bond acceptors (Lipinski definition) is 4. The van der Waals surface area contributed by atoms with Gasteiger partial charge in [0.25, 0.3) is 0 Å². The van der Waals surface area contributed by atoms with Crippen LogP contribution in [-0.4, -0.2) is 47.9 Å². The number of amides is 1. The van der Waals surface area contributed by atoms with Gasteiger partial charge in [0.1, 0.15) is 0 Å². The van der Waals surface area contributed by atoms with E-state index in [2.05, 4.69) is 30.3 Å². The van der Waals surface area contributed by atoms with Gasteiger partial charge >= 0.3 is 12.1 Å². The largest absolute Gasteiger partial charge is 0.465 e. The Labute approximate surface area is 218 Å². The Morgan fingerprint density at radius 1 is 0.865 bits per heavy atom. The van der Waals surface area contributed by atoms with Crippen molar-refractivity contribution in [3.8, 4) is 0 Å². The number of benzene rings is 3. The summed E-state index contributed by atoms with van der Waals surface area (Å²) in [4.78, 5) is 25.5. The van der Waals surface area contributed by atoms with Gasteiger partial charge in [-0.05, 0) is 84.4 Å². The SMILES string of the molecule is O=C(OCC1CCC(C2CCN(C(=O)O)CC2OCc2ccc3ccccc3c2)CC1)c1ccccc1. The van der Waals surface area contributed by atoms with Gasteiger partial charge in [-0.3, -0.25) is 0 Å². The lowest BCUT2D eigenvalue weighted by atomic mass is 9.72. The fraction of sp³-hybridized carbons (Fsp3) is 0.419. The first-order valence-corrected chi connectivity index (χ1v) is 13.4. The molecule has 1 amide bonds. The third-order valence-corrected chi connectivity index (χ3v) is 8.12. The van der Waals surface area contributed by atoms with E-state index in [0.29, 0.717) is 49.6 Å².